The zero-order valence-corrected chi connectivity index (χ0v) is 21.6. The van der Waals surface area contributed by atoms with E-state index in [0.717, 1.165) is 16.5 Å². The number of esters is 1. The second kappa shape index (κ2) is 11.4. The molecule has 0 saturated heterocycles. The number of ether oxygens (including phenoxy) is 1. The number of methoxy groups -OCH3 is 1. The van der Waals surface area contributed by atoms with Gasteiger partial charge in [-0.25, -0.2) is 4.79 Å². The summed E-state index contributed by atoms with van der Waals surface area (Å²) in [5.41, 5.74) is 8.69. The summed E-state index contributed by atoms with van der Waals surface area (Å²) >= 11 is 3.44. The minimum absolute atomic E-state index is 0.0185. The Hall–Kier alpha value is -3.99. The molecule has 0 bridgehead atoms. The van der Waals surface area contributed by atoms with Gasteiger partial charge in [0.05, 0.1) is 17.3 Å². The predicted molar refractivity (Wildman–Crippen MR) is 142 cm³/mol. The highest BCUT2D eigenvalue weighted by Gasteiger charge is 2.28. The molecule has 0 spiro atoms. The number of nitrogen functional groups attached to an aromatic ring is 1. The minimum Gasteiger partial charge on any atom is -0.467 e. The number of Topliss-reactive ketones (excluding diaryl/α,β-unsaturated/α-hetero) is 1. The van der Waals surface area contributed by atoms with E-state index in [1.807, 2.05) is 24.3 Å². The lowest BCUT2D eigenvalue weighted by atomic mass is 9.99. The average molecular weight is 568 g/mol. The number of carbonyl (C=O) groups excluding carboxylic acids is 3. The summed E-state index contributed by atoms with van der Waals surface area (Å²) in [4.78, 5) is 46.4. The van der Waals surface area contributed by atoms with E-state index in [1.54, 1.807) is 24.3 Å². The lowest BCUT2D eigenvalue weighted by molar-refractivity contribution is -0.143. The van der Waals surface area contributed by atoms with E-state index in [0.29, 0.717) is 22.2 Å². The minimum atomic E-state index is -0.990. The molecule has 2 atom stereocenters. The highest BCUT2D eigenvalue weighted by molar-refractivity contribution is 9.10. The van der Waals surface area contributed by atoms with Gasteiger partial charge in [-0.3, -0.25) is 15.0 Å². The van der Waals surface area contributed by atoms with Gasteiger partial charge in [0.15, 0.2) is 0 Å². The summed E-state index contributed by atoms with van der Waals surface area (Å²) in [6.07, 6.45) is 0.298. The van der Waals surface area contributed by atoms with Crippen molar-refractivity contribution in [3.05, 3.63) is 69.8 Å². The van der Waals surface area contributed by atoms with Crippen LogP contribution in [0.2, 0.25) is 0 Å². The molecule has 0 fully saturated rings. The van der Waals surface area contributed by atoms with E-state index >= 15 is 0 Å². The van der Waals surface area contributed by atoms with Gasteiger partial charge in [-0.1, -0.05) is 47.6 Å². The van der Waals surface area contributed by atoms with Gasteiger partial charge in [-0.05, 0) is 34.0 Å². The molecule has 2 unspecified atom stereocenters. The number of aromatic nitrogens is 1. The number of aromatic amines is 1. The number of hydrogen-bond acceptors (Lipinski definition) is 7. The predicted octanol–water partition coefficient (Wildman–Crippen LogP) is 3.42. The van der Waals surface area contributed by atoms with E-state index in [-0.39, 0.29) is 36.6 Å². The van der Waals surface area contributed by atoms with Crippen LogP contribution in [0.5, 0.6) is 0 Å². The Labute approximate surface area is 221 Å². The normalized spacial score (nSPS) is 15.5. The van der Waals surface area contributed by atoms with Gasteiger partial charge in [0, 0.05) is 35.7 Å². The molecule has 3 aromatic rings. The second-order valence-corrected chi connectivity index (χ2v) is 9.44. The monoisotopic (exact) mass is 567 g/mol. The Morgan fingerprint density at radius 3 is 2.65 bits per heavy atom. The zero-order valence-electron chi connectivity index (χ0n) is 20.0. The van der Waals surface area contributed by atoms with Gasteiger partial charge >= 0.3 is 5.97 Å². The number of halogens is 1. The van der Waals surface area contributed by atoms with Crippen LogP contribution in [0.25, 0.3) is 10.9 Å². The molecule has 1 aromatic heterocycles. The number of amides is 1. The summed E-state index contributed by atoms with van der Waals surface area (Å²) < 4.78 is 5.43. The van der Waals surface area contributed by atoms with Crippen molar-refractivity contribution in [3.8, 4) is 0 Å². The summed E-state index contributed by atoms with van der Waals surface area (Å²) in [6.45, 7) is 0. The van der Waals surface area contributed by atoms with E-state index in [2.05, 4.69) is 31.4 Å². The summed E-state index contributed by atoms with van der Waals surface area (Å²) in [5.74, 6) is -1.26. The second-order valence-electron chi connectivity index (χ2n) is 8.65. The Kier molecular flexibility index (Phi) is 8.02. The number of nitrogens with zero attached hydrogens (tertiary/aromatic N) is 1. The lowest BCUT2D eigenvalue weighted by Crippen LogP contribution is -2.42. The van der Waals surface area contributed by atoms with Gasteiger partial charge in [-0.2, -0.15) is 0 Å². The van der Waals surface area contributed by atoms with E-state index in [1.165, 1.54) is 7.11 Å². The topological polar surface area (TPSA) is 160 Å². The fourth-order valence-corrected chi connectivity index (χ4v) is 4.72. The average Bonchev–Trinajstić information content (AvgIpc) is 3.50. The number of nitrogens with one attached hydrogen (secondary N) is 3. The first kappa shape index (κ1) is 26.1. The molecule has 5 N–H and O–H groups in total. The van der Waals surface area contributed by atoms with Crippen LogP contribution in [-0.2, 0) is 19.2 Å². The summed E-state index contributed by atoms with van der Waals surface area (Å²) in [5, 5.41) is 15.1. The number of nitrogens with two attached hydrogens (primary N) is 1. The molecule has 192 valence electrons. The first-order valence-electron chi connectivity index (χ1n) is 11.6. The molecule has 1 aliphatic rings. The lowest BCUT2D eigenvalue weighted by Gasteiger charge is -2.16. The van der Waals surface area contributed by atoms with Crippen LogP contribution in [0.15, 0.2) is 58.2 Å². The smallest absolute Gasteiger partial charge is 0.328 e. The van der Waals surface area contributed by atoms with Crippen LogP contribution < -0.4 is 11.1 Å². The highest BCUT2D eigenvalue weighted by atomic mass is 79.9. The largest absolute Gasteiger partial charge is 0.467 e. The number of oxime groups is 1. The molecule has 0 saturated carbocycles. The number of hydrogen-bond donors (Lipinski definition) is 4. The maximum absolute atomic E-state index is 12.9. The SMILES string of the molecule is COC(=O)C(CCC(=O)CC1CC(c2ccc(C(=N)N)cc2)=NO1)NC(=O)c1[nH]c2ccccc2c1Br. The quantitative estimate of drug-likeness (QED) is 0.167. The van der Waals surface area contributed by atoms with Crippen molar-refractivity contribution in [2.75, 3.05) is 7.11 Å². The number of H-pyrrole nitrogens is 1. The van der Waals surface area contributed by atoms with Crippen molar-refractivity contribution in [1.82, 2.24) is 10.3 Å². The van der Waals surface area contributed by atoms with Crippen LogP contribution in [0.3, 0.4) is 0 Å². The van der Waals surface area contributed by atoms with Crippen LogP contribution in [0.4, 0.5) is 0 Å². The van der Waals surface area contributed by atoms with Gasteiger partial charge in [0.1, 0.15) is 29.5 Å². The van der Waals surface area contributed by atoms with Crippen molar-refractivity contribution in [1.29, 1.82) is 5.41 Å². The van der Waals surface area contributed by atoms with E-state index < -0.39 is 24.0 Å². The zero-order chi connectivity index (χ0) is 26.5. The maximum Gasteiger partial charge on any atom is 0.328 e. The van der Waals surface area contributed by atoms with Crippen LogP contribution >= 0.6 is 15.9 Å². The standard InChI is InChI=1S/C26H26BrN5O5/c1-36-26(35)20(31-25(34)23-22(27)18-4-2-3-5-19(18)30-23)11-10-16(33)12-17-13-21(32-37-17)14-6-8-15(9-7-14)24(28)29/h2-9,17,20,30H,10-13H2,1H3,(H3,28,29)(H,31,34). The third-order valence-corrected chi connectivity index (χ3v) is 6.91. The molecule has 2 aromatic carbocycles. The van der Waals surface area contributed by atoms with Crippen molar-refractivity contribution in [2.45, 2.75) is 37.8 Å². The third kappa shape index (κ3) is 6.05. The van der Waals surface area contributed by atoms with Gasteiger partial charge in [0.2, 0.25) is 0 Å². The van der Waals surface area contributed by atoms with Crippen LogP contribution in [0, 0.1) is 5.41 Å². The first-order valence-corrected chi connectivity index (χ1v) is 12.4. The Balaban J connectivity index is 1.31. The maximum atomic E-state index is 12.9. The molecule has 10 nitrogen and oxygen atoms in total. The third-order valence-electron chi connectivity index (χ3n) is 6.09. The van der Waals surface area contributed by atoms with Gasteiger partial charge < -0.3 is 25.6 Å². The Morgan fingerprint density at radius 2 is 1.97 bits per heavy atom. The molecule has 4 rings (SSSR count). The molecule has 1 amide bonds. The highest BCUT2D eigenvalue weighted by Crippen LogP contribution is 2.28. The molecule has 11 heteroatoms. The molecule has 1 aliphatic heterocycles. The fourth-order valence-electron chi connectivity index (χ4n) is 4.10. The van der Waals surface area contributed by atoms with Crippen molar-refractivity contribution in [2.24, 2.45) is 10.9 Å². The first-order chi connectivity index (χ1) is 17.8. The fraction of sp³-hybridized carbons (Fsp3) is 0.269. The Bertz CT molecular complexity index is 1380. The molecular formula is C26H26BrN5O5. The van der Waals surface area contributed by atoms with Crippen LogP contribution in [0.1, 0.15) is 47.3 Å². The number of amidine groups is 1. The molecule has 0 aliphatic carbocycles. The number of para-hydroxylation sites is 1. The molecule has 0 radical (unpaired) electrons. The van der Waals surface area contributed by atoms with Crippen molar-refractivity contribution >= 4 is 56.0 Å². The number of carbonyl (C=O) groups is 3. The van der Waals surface area contributed by atoms with Crippen molar-refractivity contribution in [3.63, 3.8) is 0 Å². The summed E-state index contributed by atoms with van der Waals surface area (Å²) in [6, 6.07) is 13.5. The molecule has 2 heterocycles. The number of ketones is 1. The van der Waals surface area contributed by atoms with Gasteiger partial charge in [0.25, 0.3) is 5.91 Å². The van der Waals surface area contributed by atoms with E-state index in [4.69, 9.17) is 20.7 Å². The Morgan fingerprint density at radius 1 is 1.24 bits per heavy atom. The van der Waals surface area contributed by atoms with Crippen molar-refractivity contribution < 1.29 is 24.0 Å². The van der Waals surface area contributed by atoms with Gasteiger partial charge in [-0.15, -0.1) is 0 Å². The number of fused-ring (bicyclic) bond motifs is 1. The van der Waals surface area contributed by atoms with Crippen LogP contribution in [-0.4, -0.2) is 53.4 Å². The summed E-state index contributed by atoms with van der Waals surface area (Å²) in [7, 11) is 1.23. The van der Waals surface area contributed by atoms with E-state index in [9.17, 15) is 14.4 Å². The molecule has 37 heavy (non-hydrogen) atoms. The number of benzene rings is 2. The number of rotatable bonds is 10. The molecular weight excluding hydrogens is 542 g/mol.